The van der Waals surface area contributed by atoms with Gasteiger partial charge in [-0.2, -0.15) is 0 Å². The smallest absolute Gasteiger partial charge is 0.331 e. The maximum absolute atomic E-state index is 13.8. The molecule has 186 valence electrons. The quantitative estimate of drug-likeness (QED) is 0.363. The van der Waals surface area contributed by atoms with Crippen molar-refractivity contribution in [3.05, 3.63) is 83.7 Å². The summed E-state index contributed by atoms with van der Waals surface area (Å²) in [5.74, 6) is -2.21. The van der Waals surface area contributed by atoms with Gasteiger partial charge in [-0.25, -0.2) is 17.9 Å². The molecule has 0 unspecified atom stereocenters. The van der Waals surface area contributed by atoms with Gasteiger partial charge in [0.05, 0.1) is 19.2 Å². The van der Waals surface area contributed by atoms with Gasteiger partial charge in [-0.3, -0.25) is 9.59 Å². The first-order chi connectivity index (χ1) is 17.1. The molecule has 3 atom stereocenters. The van der Waals surface area contributed by atoms with Crippen molar-refractivity contribution in [1.82, 2.24) is 19.9 Å². The summed E-state index contributed by atoms with van der Waals surface area (Å²) in [5, 5.41) is 6.28. The highest BCUT2D eigenvalue weighted by Crippen LogP contribution is 2.47. The second-order valence-electron chi connectivity index (χ2n) is 9.00. The van der Waals surface area contributed by atoms with Crippen molar-refractivity contribution in [2.24, 2.45) is 5.73 Å². The maximum Gasteiger partial charge on any atom is 0.331 e. The summed E-state index contributed by atoms with van der Waals surface area (Å²) in [6, 6.07) is 16.6. The number of hydrogen-bond donors (Lipinski definition) is 1. The van der Waals surface area contributed by atoms with Crippen LogP contribution in [0.25, 0.3) is 0 Å². The number of esters is 1. The first-order valence-electron chi connectivity index (χ1n) is 11.2. The van der Waals surface area contributed by atoms with Gasteiger partial charge in [0.1, 0.15) is 15.8 Å². The molecule has 0 aliphatic carbocycles. The largest absolute Gasteiger partial charge is 0.451 e. The fourth-order valence-electron chi connectivity index (χ4n) is 4.90. The van der Waals surface area contributed by atoms with Crippen LogP contribution in [0.1, 0.15) is 41.1 Å². The van der Waals surface area contributed by atoms with Crippen LogP contribution in [0.5, 0.6) is 0 Å². The zero-order valence-electron chi connectivity index (χ0n) is 19.2. The number of aromatic nitrogens is 3. The van der Waals surface area contributed by atoms with Crippen molar-refractivity contribution in [3.63, 3.8) is 0 Å². The Bertz CT molecular complexity index is 1400. The lowest BCUT2D eigenvalue weighted by atomic mass is 9.95. The number of ether oxygens (including phenoxy) is 1. The summed E-state index contributed by atoms with van der Waals surface area (Å²) in [7, 11) is -4.07. The Morgan fingerprint density at radius 2 is 1.69 bits per heavy atom. The first-order valence-corrected chi connectivity index (χ1v) is 12.7. The topological polar surface area (TPSA) is 155 Å². The number of fused-ring (bicyclic) bond motifs is 1. The molecule has 0 bridgehead atoms. The highest BCUT2D eigenvalue weighted by molar-refractivity contribution is 7.93. The second kappa shape index (κ2) is 8.55. The van der Waals surface area contributed by atoms with Crippen LogP contribution in [0, 0.1) is 0 Å². The van der Waals surface area contributed by atoms with Crippen LogP contribution in [0.2, 0.25) is 0 Å². The molecule has 0 spiro atoms. The van der Waals surface area contributed by atoms with Crippen molar-refractivity contribution in [2.75, 3.05) is 0 Å². The molecular formula is C24H23N5O6S. The van der Waals surface area contributed by atoms with E-state index in [-0.39, 0.29) is 12.1 Å². The summed E-state index contributed by atoms with van der Waals surface area (Å²) in [6.45, 7) is 0.932. The molecule has 2 fully saturated rings. The van der Waals surface area contributed by atoms with Crippen molar-refractivity contribution < 1.29 is 27.5 Å². The lowest BCUT2D eigenvalue weighted by Crippen LogP contribution is -2.58. The summed E-state index contributed by atoms with van der Waals surface area (Å²) in [6.07, 6.45) is 0.0409. The molecule has 5 rings (SSSR count). The zero-order chi connectivity index (χ0) is 25.7. The molecule has 0 radical (unpaired) electrons. The molecule has 2 aromatic carbocycles. The number of amides is 2. The number of rotatable bonds is 7. The number of hydrogen-bond acceptors (Lipinski definition) is 8. The SMILES string of the molecule is C[C@]1(Cn2nncc2C(N)=O)[C@H](C(=O)OC(c2ccccc2)c2ccccc2)N2C(=O)C[C@@H]2S1(=O)=O. The molecular weight excluding hydrogens is 486 g/mol. The lowest BCUT2D eigenvalue weighted by Gasteiger charge is -2.37. The summed E-state index contributed by atoms with van der Waals surface area (Å²) in [5.41, 5.74) is 6.62. The van der Waals surface area contributed by atoms with Crippen molar-refractivity contribution in [2.45, 2.75) is 42.2 Å². The van der Waals surface area contributed by atoms with E-state index in [9.17, 15) is 22.8 Å². The van der Waals surface area contributed by atoms with Gasteiger partial charge in [-0.15, -0.1) is 5.10 Å². The minimum Gasteiger partial charge on any atom is -0.451 e. The number of primary amides is 1. The van der Waals surface area contributed by atoms with E-state index < -0.39 is 56.4 Å². The molecule has 3 aromatic rings. The Kier molecular flexibility index (Phi) is 5.62. The monoisotopic (exact) mass is 509 g/mol. The van der Waals surface area contributed by atoms with Crippen LogP contribution in [-0.2, 0) is 30.7 Å². The average Bonchev–Trinajstić information content (AvgIpc) is 3.37. The van der Waals surface area contributed by atoms with E-state index in [2.05, 4.69) is 10.3 Å². The Morgan fingerprint density at radius 3 is 2.22 bits per heavy atom. The van der Waals surface area contributed by atoms with E-state index in [1.807, 2.05) is 12.1 Å². The van der Waals surface area contributed by atoms with Crippen LogP contribution in [0.3, 0.4) is 0 Å². The Morgan fingerprint density at radius 1 is 1.11 bits per heavy atom. The third-order valence-corrected chi connectivity index (χ3v) is 9.57. The van der Waals surface area contributed by atoms with Gasteiger partial charge in [0, 0.05) is 0 Å². The average molecular weight is 510 g/mol. The maximum atomic E-state index is 13.8. The minimum absolute atomic E-state index is 0.120. The Labute approximate surface area is 206 Å². The van der Waals surface area contributed by atoms with Gasteiger partial charge in [-0.05, 0) is 18.1 Å². The van der Waals surface area contributed by atoms with E-state index >= 15 is 0 Å². The van der Waals surface area contributed by atoms with E-state index in [1.54, 1.807) is 48.5 Å². The number of nitrogens with two attached hydrogens (primary N) is 1. The van der Waals surface area contributed by atoms with Gasteiger partial charge < -0.3 is 15.4 Å². The lowest BCUT2D eigenvalue weighted by molar-refractivity contribution is -0.164. The predicted octanol–water partition coefficient (Wildman–Crippen LogP) is 0.824. The summed E-state index contributed by atoms with van der Waals surface area (Å²) < 4.78 is 32.3. The molecule has 11 nitrogen and oxygen atoms in total. The molecule has 1 aromatic heterocycles. The van der Waals surface area contributed by atoms with Gasteiger partial charge >= 0.3 is 5.97 Å². The second-order valence-corrected chi connectivity index (χ2v) is 11.6. The van der Waals surface area contributed by atoms with E-state index in [0.717, 1.165) is 15.8 Å². The van der Waals surface area contributed by atoms with Gasteiger partial charge in [0.25, 0.3) is 5.91 Å². The summed E-state index contributed by atoms with van der Waals surface area (Å²) in [4.78, 5) is 39.2. The number of sulfone groups is 1. The third-order valence-electron chi connectivity index (χ3n) is 6.81. The third kappa shape index (κ3) is 3.56. The van der Waals surface area contributed by atoms with Crippen LogP contribution in [-0.4, -0.2) is 62.3 Å². The molecule has 2 N–H and O–H groups in total. The molecule has 2 aliphatic heterocycles. The van der Waals surface area contributed by atoms with Crippen LogP contribution >= 0.6 is 0 Å². The number of nitrogens with zero attached hydrogens (tertiary/aromatic N) is 4. The van der Waals surface area contributed by atoms with Crippen molar-refractivity contribution in [1.29, 1.82) is 0 Å². The normalized spacial score (nSPS) is 24.3. The molecule has 2 saturated heterocycles. The fraction of sp³-hybridized carbons (Fsp3) is 0.292. The predicted molar refractivity (Wildman–Crippen MR) is 126 cm³/mol. The van der Waals surface area contributed by atoms with Crippen LogP contribution in [0.4, 0.5) is 0 Å². The van der Waals surface area contributed by atoms with E-state index in [0.29, 0.717) is 11.1 Å². The minimum atomic E-state index is -4.07. The standard InChI is InChI=1S/C24H23N5O6S/c1-24(14-28-17(22(25)31)13-26-27-28)21(29-18(30)12-19(29)36(24,33)34)23(32)35-20(15-8-4-2-5-9-15)16-10-6-3-7-11-16/h2-11,13,19-21H,12,14H2,1H3,(H2,25,31)/t19-,21-,24-/m0/s1. The van der Waals surface area contributed by atoms with Crippen molar-refractivity contribution >= 4 is 27.6 Å². The highest BCUT2D eigenvalue weighted by atomic mass is 32.2. The van der Waals surface area contributed by atoms with Gasteiger partial charge in [0.15, 0.2) is 22.0 Å². The molecule has 36 heavy (non-hydrogen) atoms. The summed E-state index contributed by atoms with van der Waals surface area (Å²) >= 11 is 0. The van der Waals surface area contributed by atoms with Crippen molar-refractivity contribution in [3.8, 4) is 0 Å². The van der Waals surface area contributed by atoms with E-state index in [4.69, 9.17) is 10.5 Å². The number of β-lactam (4-membered cyclic amide) rings is 1. The number of carbonyl (C=O) groups excluding carboxylic acids is 3. The molecule has 2 aliphatic rings. The number of benzene rings is 2. The van der Waals surface area contributed by atoms with Crippen LogP contribution < -0.4 is 5.73 Å². The highest BCUT2D eigenvalue weighted by Gasteiger charge is 2.70. The molecule has 2 amide bonds. The van der Waals surface area contributed by atoms with Gasteiger partial charge in [-0.1, -0.05) is 65.9 Å². The molecule has 0 saturated carbocycles. The fourth-order valence-corrected chi connectivity index (χ4v) is 7.24. The Hall–Kier alpha value is -4.06. The van der Waals surface area contributed by atoms with E-state index in [1.165, 1.54) is 6.92 Å². The first kappa shape index (κ1) is 23.7. The molecule has 12 heteroatoms. The van der Waals surface area contributed by atoms with Crippen LogP contribution in [0.15, 0.2) is 66.9 Å². The number of carbonyl (C=O) groups is 3. The molecule has 3 heterocycles. The zero-order valence-corrected chi connectivity index (χ0v) is 20.0. The Balaban J connectivity index is 1.56. The van der Waals surface area contributed by atoms with Gasteiger partial charge in [0.2, 0.25) is 5.91 Å².